The van der Waals surface area contributed by atoms with Gasteiger partial charge in [0, 0.05) is 62.1 Å². The van der Waals surface area contributed by atoms with Gasteiger partial charge in [-0.3, -0.25) is 4.98 Å². The monoisotopic (exact) mass is 362 g/mol. The number of hydrogen-bond donors (Lipinski definition) is 0. The molecule has 1 atom stereocenters. The van der Waals surface area contributed by atoms with Gasteiger partial charge >= 0.3 is 0 Å². The molecule has 6 nitrogen and oxygen atoms in total. The number of nitrogens with zero attached hydrogens (tertiary/aromatic N) is 6. The van der Waals surface area contributed by atoms with E-state index in [-0.39, 0.29) is 0 Å². The first-order chi connectivity index (χ1) is 13.2. The van der Waals surface area contributed by atoms with Gasteiger partial charge in [-0.1, -0.05) is 6.92 Å². The highest BCUT2D eigenvalue weighted by Gasteiger charge is 2.26. The van der Waals surface area contributed by atoms with Crippen molar-refractivity contribution in [2.75, 3.05) is 18.0 Å². The van der Waals surface area contributed by atoms with Crippen molar-refractivity contribution in [2.45, 2.75) is 45.6 Å². The van der Waals surface area contributed by atoms with Gasteiger partial charge in [0.15, 0.2) is 0 Å². The summed E-state index contributed by atoms with van der Waals surface area (Å²) in [5.41, 5.74) is 2.47. The van der Waals surface area contributed by atoms with E-state index in [1.54, 1.807) is 0 Å². The second-order valence-electron chi connectivity index (χ2n) is 7.17. The van der Waals surface area contributed by atoms with E-state index in [1.165, 1.54) is 17.0 Å². The summed E-state index contributed by atoms with van der Waals surface area (Å²) in [6, 6.07) is 4.13. The number of piperidine rings is 1. The van der Waals surface area contributed by atoms with E-state index in [0.717, 1.165) is 50.5 Å². The Labute approximate surface area is 160 Å². The minimum atomic E-state index is 0.413. The Balaban J connectivity index is 1.56. The predicted octanol–water partition coefficient (Wildman–Crippen LogP) is 3.37. The summed E-state index contributed by atoms with van der Waals surface area (Å²) in [5.74, 6) is 3.52. The van der Waals surface area contributed by atoms with Gasteiger partial charge in [-0.2, -0.15) is 0 Å². The third-order valence-electron chi connectivity index (χ3n) is 5.28. The quantitative estimate of drug-likeness (QED) is 0.696. The summed E-state index contributed by atoms with van der Waals surface area (Å²) >= 11 is 0. The zero-order valence-electron chi connectivity index (χ0n) is 16.0. The first-order valence-corrected chi connectivity index (χ1v) is 9.72. The smallest absolute Gasteiger partial charge is 0.135 e. The SMILES string of the molecule is CCc1cnc(C)nc1N1CCCC(c2nccn2Cc2ccncc2)C1. The van der Waals surface area contributed by atoms with Crippen LogP contribution < -0.4 is 4.90 Å². The zero-order valence-corrected chi connectivity index (χ0v) is 16.0. The average Bonchev–Trinajstić information content (AvgIpc) is 3.17. The number of rotatable bonds is 5. The molecule has 1 saturated heterocycles. The second-order valence-corrected chi connectivity index (χ2v) is 7.17. The lowest BCUT2D eigenvalue weighted by molar-refractivity contribution is 0.473. The van der Waals surface area contributed by atoms with Crippen LogP contribution in [-0.4, -0.2) is 37.6 Å². The topological polar surface area (TPSA) is 59.7 Å². The van der Waals surface area contributed by atoms with Crippen LogP contribution in [-0.2, 0) is 13.0 Å². The lowest BCUT2D eigenvalue weighted by Gasteiger charge is -2.34. The third-order valence-corrected chi connectivity index (χ3v) is 5.28. The summed E-state index contributed by atoms with van der Waals surface area (Å²) in [5, 5.41) is 0. The molecule has 0 radical (unpaired) electrons. The predicted molar refractivity (Wildman–Crippen MR) is 106 cm³/mol. The summed E-state index contributed by atoms with van der Waals surface area (Å²) in [6.07, 6.45) is 12.9. The molecule has 140 valence electrons. The Hall–Kier alpha value is -2.76. The molecule has 3 aromatic rings. The van der Waals surface area contributed by atoms with Gasteiger partial charge in [0.05, 0.1) is 0 Å². The molecule has 1 fully saturated rings. The number of pyridine rings is 1. The molecule has 1 aliphatic heterocycles. The second kappa shape index (κ2) is 7.86. The van der Waals surface area contributed by atoms with Crippen molar-refractivity contribution in [2.24, 2.45) is 0 Å². The summed E-state index contributed by atoms with van der Waals surface area (Å²) < 4.78 is 2.27. The van der Waals surface area contributed by atoms with Gasteiger partial charge in [-0.05, 0) is 43.9 Å². The van der Waals surface area contributed by atoms with Crippen molar-refractivity contribution in [3.05, 3.63) is 65.9 Å². The first kappa shape index (κ1) is 17.6. The van der Waals surface area contributed by atoms with Gasteiger partial charge in [0.1, 0.15) is 17.5 Å². The molecule has 6 heteroatoms. The normalized spacial score (nSPS) is 17.3. The van der Waals surface area contributed by atoms with Crippen LogP contribution in [0.4, 0.5) is 5.82 Å². The fourth-order valence-electron chi connectivity index (χ4n) is 3.89. The summed E-state index contributed by atoms with van der Waals surface area (Å²) in [7, 11) is 0. The maximum Gasteiger partial charge on any atom is 0.135 e. The van der Waals surface area contributed by atoms with Crippen LogP contribution in [0, 0.1) is 6.92 Å². The van der Waals surface area contributed by atoms with Gasteiger partial charge in [0.2, 0.25) is 0 Å². The van der Waals surface area contributed by atoms with Crippen molar-refractivity contribution < 1.29 is 0 Å². The highest BCUT2D eigenvalue weighted by molar-refractivity contribution is 5.47. The van der Waals surface area contributed by atoms with Crippen molar-refractivity contribution in [3.8, 4) is 0 Å². The van der Waals surface area contributed by atoms with Gasteiger partial charge < -0.3 is 9.47 Å². The van der Waals surface area contributed by atoms with Crippen LogP contribution in [0.1, 0.15) is 48.5 Å². The number of aryl methyl sites for hydroxylation is 2. The Morgan fingerprint density at radius 1 is 1.15 bits per heavy atom. The van der Waals surface area contributed by atoms with Crippen molar-refractivity contribution in [3.63, 3.8) is 0 Å². The maximum atomic E-state index is 4.75. The Kier molecular flexibility index (Phi) is 5.14. The van der Waals surface area contributed by atoms with Crippen LogP contribution >= 0.6 is 0 Å². The van der Waals surface area contributed by atoms with Crippen molar-refractivity contribution in [1.82, 2.24) is 24.5 Å². The third kappa shape index (κ3) is 3.84. The molecule has 1 unspecified atom stereocenters. The van der Waals surface area contributed by atoms with E-state index in [1.807, 2.05) is 31.7 Å². The van der Waals surface area contributed by atoms with Crippen LogP contribution in [0.3, 0.4) is 0 Å². The average molecular weight is 362 g/mol. The molecule has 0 N–H and O–H groups in total. The Morgan fingerprint density at radius 3 is 2.81 bits per heavy atom. The van der Waals surface area contributed by atoms with E-state index < -0.39 is 0 Å². The molecular formula is C21H26N6. The lowest BCUT2D eigenvalue weighted by Crippen LogP contribution is -2.36. The molecule has 1 aliphatic rings. The molecule has 4 rings (SSSR count). The number of hydrogen-bond acceptors (Lipinski definition) is 5. The van der Waals surface area contributed by atoms with E-state index in [9.17, 15) is 0 Å². The van der Waals surface area contributed by atoms with Crippen molar-refractivity contribution in [1.29, 1.82) is 0 Å². The molecule has 27 heavy (non-hydrogen) atoms. The Morgan fingerprint density at radius 2 is 2.00 bits per heavy atom. The standard InChI is InChI=1S/C21H26N6/c1-3-18-13-24-16(2)25-21(18)26-11-4-5-19(15-26)20-23-10-12-27(20)14-17-6-8-22-9-7-17/h6-10,12-13,19H,3-5,11,14-15H2,1-2H3. The van der Waals surface area contributed by atoms with E-state index in [4.69, 9.17) is 9.97 Å². The van der Waals surface area contributed by atoms with E-state index >= 15 is 0 Å². The summed E-state index contributed by atoms with van der Waals surface area (Å²) in [4.78, 5) is 20.4. The zero-order chi connectivity index (χ0) is 18.6. The molecule has 0 amide bonds. The summed E-state index contributed by atoms with van der Waals surface area (Å²) in [6.45, 7) is 6.97. The molecule has 0 bridgehead atoms. The van der Waals surface area contributed by atoms with Crippen LogP contribution in [0.15, 0.2) is 43.1 Å². The van der Waals surface area contributed by atoms with Crippen molar-refractivity contribution >= 4 is 5.82 Å². The largest absolute Gasteiger partial charge is 0.356 e. The molecule has 0 saturated carbocycles. The van der Waals surface area contributed by atoms with E-state index in [0.29, 0.717) is 5.92 Å². The van der Waals surface area contributed by atoms with Gasteiger partial charge in [-0.15, -0.1) is 0 Å². The molecule has 0 spiro atoms. The number of anilines is 1. The highest BCUT2D eigenvalue weighted by Crippen LogP contribution is 2.30. The van der Waals surface area contributed by atoms with Crippen LogP contribution in [0.25, 0.3) is 0 Å². The minimum Gasteiger partial charge on any atom is -0.356 e. The molecule has 0 aliphatic carbocycles. The number of aromatic nitrogens is 5. The van der Waals surface area contributed by atoms with Gasteiger partial charge in [0.25, 0.3) is 0 Å². The van der Waals surface area contributed by atoms with E-state index in [2.05, 4.69) is 44.7 Å². The highest BCUT2D eigenvalue weighted by atomic mass is 15.2. The fourth-order valence-corrected chi connectivity index (χ4v) is 3.89. The maximum absolute atomic E-state index is 4.75. The fraction of sp³-hybridized carbons (Fsp3) is 0.429. The number of imidazole rings is 1. The van der Waals surface area contributed by atoms with Crippen LogP contribution in [0.2, 0.25) is 0 Å². The molecule has 0 aromatic carbocycles. The van der Waals surface area contributed by atoms with Gasteiger partial charge in [-0.25, -0.2) is 15.0 Å². The molecular weight excluding hydrogens is 336 g/mol. The lowest BCUT2D eigenvalue weighted by atomic mass is 9.96. The van der Waals surface area contributed by atoms with Crippen LogP contribution in [0.5, 0.6) is 0 Å². The first-order valence-electron chi connectivity index (χ1n) is 9.72. The molecule has 3 aromatic heterocycles. The Bertz CT molecular complexity index is 889. The molecule has 4 heterocycles. The minimum absolute atomic E-state index is 0.413.